The Labute approximate surface area is 198 Å². The molecule has 0 aliphatic carbocycles. The van der Waals surface area contributed by atoms with Crippen molar-refractivity contribution in [1.29, 1.82) is 0 Å². The average molecular weight is 511 g/mol. The smallest absolute Gasteiger partial charge is 0.279 e. The van der Waals surface area contributed by atoms with Crippen molar-refractivity contribution < 1.29 is 14.4 Å². The Morgan fingerprint density at radius 2 is 1.47 bits per heavy atom. The van der Waals surface area contributed by atoms with E-state index in [-0.39, 0.29) is 23.2 Å². The second-order valence-electron chi connectivity index (χ2n) is 7.03. The first-order chi connectivity index (χ1) is 15.4. The van der Waals surface area contributed by atoms with Crippen LogP contribution < -0.4 is 10.6 Å². The van der Waals surface area contributed by atoms with Crippen molar-refractivity contribution in [2.24, 2.45) is 0 Å². The lowest BCUT2D eigenvalue weighted by molar-refractivity contribution is -0.138. The van der Waals surface area contributed by atoms with Crippen LogP contribution in [0.1, 0.15) is 15.9 Å². The number of amides is 3. The molecule has 3 aromatic rings. The van der Waals surface area contributed by atoms with Gasteiger partial charge in [0.25, 0.3) is 17.7 Å². The van der Waals surface area contributed by atoms with E-state index in [2.05, 4.69) is 26.6 Å². The highest BCUT2D eigenvalue weighted by Crippen LogP contribution is 2.27. The van der Waals surface area contributed by atoms with Crippen LogP contribution in [0.4, 0.5) is 11.4 Å². The summed E-state index contributed by atoms with van der Waals surface area (Å²) in [4.78, 5) is 38.8. The number of benzene rings is 3. The Hall–Kier alpha value is -3.42. The zero-order chi connectivity index (χ0) is 22.7. The van der Waals surface area contributed by atoms with Crippen LogP contribution in [0.5, 0.6) is 0 Å². The monoisotopic (exact) mass is 509 g/mol. The van der Waals surface area contributed by atoms with Gasteiger partial charge in [-0.25, -0.2) is 0 Å². The van der Waals surface area contributed by atoms with Crippen molar-refractivity contribution in [3.05, 3.63) is 105 Å². The number of hydrogen-bond donors (Lipinski definition) is 2. The molecule has 0 bridgehead atoms. The summed E-state index contributed by atoms with van der Waals surface area (Å²) in [7, 11) is 0. The zero-order valence-corrected chi connectivity index (χ0v) is 19.0. The maximum Gasteiger partial charge on any atom is 0.279 e. The zero-order valence-electron chi connectivity index (χ0n) is 16.6. The molecule has 0 saturated heterocycles. The van der Waals surface area contributed by atoms with Gasteiger partial charge in [0.1, 0.15) is 10.7 Å². The van der Waals surface area contributed by atoms with Crippen molar-refractivity contribution in [2.75, 3.05) is 10.6 Å². The summed E-state index contributed by atoms with van der Waals surface area (Å²) in [5, 5.41) is 5.55. The molecule has 160 valence electrons. The molecule has 0 fully saturated rings. The highest BCUT2D eigenvalue weighted by Gasteiger charge is 2.37. The van der Waals surface area contributed by atoms with Crippen molar-refractivity contribution in [3.63, 3.8) is 0 Å². The molecule has 3 amide bonds. The quantitative estimate of drug-likeness (QED) is 0.451. The SMILES string of the molecule is O=C(Nc1ccc(Br)cc1)c1ccc(NC2=C(Cl)C(=O)N(Cc3ccccc3)C2=O)cc1. The second kappa shape index (κ2) is 9.38. The molecule has 32 heavy (non-hydrogen) atoms. The Morgan fingerprint density at radius 3 is 2.12 bits per heavy atom. The summed E-state index contributed by atoms with van der Waals surface area (Å²) in [5.74, 6) is -1.31. The fourth-order valence-electron chi connectivity index (χ4n) is 3.15. The maximum absolute atomic E-state index is 12.8. The van der Waals surface area contributed by atoms with E-state index >= 15 is 0 Å². The molecule has 0 atom stereocenters. The fourth-order valence-corrected chi connectivity index (χ4v) is 3.64. The lowest BCUT2D eigenvalue weighted by atomic mass is 10.2. The van der Waals surface area contributed by atoms with E-state index in [1.165, 1.54) is 0 Å². The molecule has 3 aromatic carbocycles. The third-order valence-corrected chi connectivity index (χ3v) is 5.69. The minimum atomic E-state index is -0.548. The van der Waals surface area contributed by atoms with Gasteiger partial charge in [-0.2, -0.15) is 0 Å². The summed E-state index contributed by atoms with van der Waals surface area (Å²) in [5.41, 5.74) is 2.48. The lowest BCUT2D eigenvalue weighted by Gasteiger charge is -2.15. The number of nitrogens with zero attached hydrogens (tertiary/aromatic N) is 1. The van der Waals surface area contributed by atoms with Crippen molar-refractivity contribution in [1.82, 2.24) is 4.90 Å². The molecule has 0 aromatic heterocycles. The number of imide groups is 1. The molecule has 1 aliphatic heterocycles. The van der Waals surface area contributed by atoms with E-state index in [0.29, 0.717) is 16.9 Å². The molecule has 1 aliphatic rings. The first kappa shape index (κ1) is 21.8. The van der Waals surface area contributed by atoms with E-state index in [1.807, 2.05) is 42.5 Å². The van der Waals surface area contributed by atoms with Crippen molar-refractivity contribution in [2.45, 2.75) is 6.54 Å². The summed E-state index contributed by atoms with van der Waals surface area (Å²) in [6.07, 6.45) is 0. The number of halogens is 2. The number of rotatable bonds is 6. The number of nitrogens with one attached hydrogen (secondary N) is 2. The second-order valence-corrected chi connectivity index (χ2v) is 8.33. The third-order valence-electron chi connectivity index (χ3n) is 4.81. The number of carbonyl (C=O) groups is 3. The van der Waals surface area contributed by atoms with Gasteiger partial charge >= 0.3 is 0 Å². The predicted octanol–water partition coefficient (Wildman–Crippen LogP) is 5.13. The van der Waals surface area contributed by atoms with Crippen LogP contribution in [-0.4, -0.2) is 22.6 Å². The van der Waals surface area contributed by atoms with Gasteiger partial charge in [-0.3, -0.25) is 19.3 Å². The van der Waals surface area contributed by atoms with Crippen molar-refractivity contribution >= 4 is 56.6 Å². The van der Waals surface area contributed by atoms with Gasteiger partial charge < -0.3 is 10.6 Å². The van der Waals surface area contributed by atoms with Crippen LogP contribution in [0, 0.1) is 0 Å². The molecule has 4 rings (SSSR count). The Bertz CT molecular complexity index is 1210. The molecular weight excluding hydrogens is 494 g/mol. The molecule has 0 spiro atoms. The summed E-state index contributed by atoms with van der Waals surface area (Å²) >= 11 is 9.51. The third kappa shape index (κ3) is 4.74. The van der Waals surface area contributed by atoms with Crippen LogP contribution in [0.3, 0.4) is 0 Å². The topological polar surface area (TPSA) is 78.5 Å². The van der Waals surface area contributed by atoms with E-state index in [4.69, 9.17) is 11.6 Å². The van der Waals surface area contributed by atoms with Crippen LogP contribution >= 0.6 is 27.5 Å². The minimum absolute atomic E-state index is 0.0136. The van der Waals surface area contributed by atoms with Crippen LogP contribution in [0.2, 0.25) is 0 Å². The van der Waals surface area contributed by atoms with Gasteiger partial charge in [0.05, 0.1) is 6.54 Å². The van der Waals surface area contributed by atoms with Gasteiger partial charge in [-0.15, -0.1) is 0 Å². The molecule has 0 radical (unpaired) electrons. The van der Waals surface area contributed by atoms with E-state index in [9.17, 15) is 14.4 Å². The number of anilines is 2. The molecule has 0 saturated carbocycles. The Kier molecular flexibility index (Phi) is 6.39. The normalized spacial score (nSPS) is 13.5. The molecule has 8 heteroatoms. The van der Waals surface area contributed by atoms with Crippen LogP contribution in [0.25, 0.3) is 0 Å². The summed E-state index contributed by atoms with van der Waals surface area (Å²) in [6, 6.07) is 23.0. The van der Waals surface area contributed by atoms with Gasteiger partial charge in [-0.05, 0) is 54.1 Å². The Balaban J connectivity index is 1.43. The van der Waals surface area contributed by atoms with Gasteiger partial charge in [0, 0.05) is 21.4 Å². The molecule has 2 N–H and O–H groups in total. The van der Waals surface area contributed by atoms with Crippen molar-refractivity contribution in [3.8, 4) is 0 Å². The number of carbonyl (C=O) groups excluding carboxylic acids is 3. The van der Waals surface area contributed by atoms with Gasteiger partial charge in [0.15, 0.2) is 0 Å². The Morgan fingerprint density at radius 1 is 0.844 bits per heavy atom. The molecule has 1 heterocycles. The highest BCUT2D eigenvalue weighted by molar-refractivity contribution is 9.10. The average Bonchev–Trinajstić information content (AvgIpc) is 3.00. The molecule has 6 nitrogen and oxygen atoms in total. The number of hydrogen-bond acceptors (Lipinski definition) is 4. The largest absolute Gasteiger partial charge is 0.350 e. The minimum Gasteiger partial charge on any atom is -0.350 e. The fraction of sp³-hybridized carbons (Fsp3) is 0.0417. The highest BCUT2D eigenvalue weighted by atomic mass is 79.9. The van der Waals surface area contributed by atoms with Crippen LogP contribution in [0.15, 0.2) is 94.1 Å². The summed E-state index contributed by atoms with van der Waals surface area (Å²) in [6.45, 7) is 0.134. The van der Waals surface area contributed by atoms with Gasteiger partial charge in [-0.1, -0.05) is 57.9 Å². The standard InChI is InChI=1S/C24H17BrClN3O3/c25-17-8-12-19(13-9-17)28-22(30)16-6-10-18(11-7-16)27-21-20(26)23(31)29(24(21)32)14-15-4-2-1-3-5-15/h1-13,27H,14H2,(H,28,30). The van der Waals surface area contributed by atoms with E-state index in [1.54, 1.807) is 36.4 Å². The van der Waals surface area contributed by atoms with E-state index < -0.39 is 11.8 Å². The first-order valence-corrected chi connectivity index (χ1v) is 10.8. The van der Waals surface area contributed by atoms with E-state index in [0.717, 1.165) is 14.9 Å². The first-order valence-electron chi connectivity index (χ1n) is 9.66. The molecular formula is C24H17BrClN3O3. The summed E-state index contributed by atoms with van der Waals surface area (Å²) < 4.78 is 0.918. The maximum atomic E-state index is 12.8. The molecule has 0 unspecified atom stereocenters. The lowest BCUT2D eigenvalue weighted by Crippen LogP contribution is -2.31. The van der Waals surface area contributed by atoms with Gasteiger partial charge in [0.2, 0.25) is 0 Å². The predicted molar refractivity (Wildman–Crippen MR) is 127 cm³/mol. The van der Waals surface area contributed by atoms with Crippen LogP contribution in [-0.2, 0) is 16.1 Å².